The number of nitrogens with zero attached hydrogens (tertiary/aromatic N) is 3. The van der Waals surface area contributed by atoms with Crippen LogP contribution in [0.15, 0.2) is 32.1 Å². The minimum Gasteiger partial charge on any atom is -0.370 e. The van der Waals surface area contributed by atoms with Crippen LogP contribution in [0.1, 0.15) is 23.3 Å². The highest BCUT2D eigenvalue weighted by Gasteiger charge is 2.44. The molecule has 10 heteroatoms. The third-order valence-corrected chi connectivity index (χ3v) is 8.37. The summed E-state index contributed by atoms with van der Waals surface area (Å²) >= 11 is 1.71. The summed E-state index contributed by atoms with van der Waals surface area (Å²) in [5, 5.41) is 2.05. The van der Waals surface area contributed by atoms with Gasteiger partial charge in [0.05, 0.1) is 12.2 Å². The van der Waals surface area contributed by atoms with Gasteiger partial charge in [-0.05, 0) is 29.9 Å². The molecule has 2 aromatic heterocycles. The Morgan fingerprint density at radius 3 is 2.59 bits per heavy atom. The number of hydrogen-bond acceptors (Lipinski definition) is 6. The number of rotatable bonds is 2. The number of aromatic nitrogens is 2. The van der Waals surface area contributed by atoms with Crippen LogP contribution in [-0.4, -0.2) is 41.6 Å². The van der Waals surface area contributed by atoms with Crippen LogP contribution in [-0.2, 0) is 40.9 Å². The van der Waals surface area contributed by atoms with Gasteiger partial charge in [-0.2, -0.15) is 4.31 Å². The van der Waals surface area contributed by atoms with Crippen LogP contribution in [0.25, 0.3) is 0 Å². The zero-order valence-electron chi connectivity index (χ0n) is 15.2. The average Bonchev–Trinajstić information content (AvgIpc) is 3.14. The van der Waals surface area contributed by atoms with E-state index in [1.54, 1.807) is 11.3 Å². The van der Waals surface area contributed by atoms with E-state index >= 15 is 0 Å². The van der Waals surface area contributed by atoms with Crippen LogP contribution >= 0.6 is 11.3 Å². The van der Waals surface area contributed by atoms with Crippen LogP contribution in [0.3, 0.4) is 0 Å². The molecular weight excluding hydrogens is 390 g/mol. The highest BCUT2D eigenvalue weighted by Crippen LogP contribution is 2.43. The molecule has 0 N–H and O–H groups in total. The summed E-state index contributed by atoms with van der Waals surface area (Å²) in [6.07, 6.45) is 3.09. The second-order valence-electron chi connectivity index (χ2n) is 7.01. The predicted octanol–water partition coefficient (Wildman–Crippen LogP) is 0.398. The first-order chi connectivity index (χ1) is 12.8. The second-order valence-corrected chi connectivity index (χ2v) is 9.91. The molecule has 2 aliphatic heterocycles. The van der Waals surface area contributed by atoms with Crippen molar-refractivity contribution in [1.29, 1.82) is 0 Å². The van der Waals surface area contributed by atoms with Gasteiger partial charge in [-0.1, -0.05) is 0 Å². The lowest BCUT2D eigenvalue weighted by Crippen LogP contribution is -2.49. The highest BCUT2D eigenvalue weighted by molar-refractivity contribution is 7.89. The number of hydrogen-bond donors (Lipinski definition) is 0. The zero-order chi connectivity index (χ0) is 19.4. The Morgan fingerprint density at radius 2 is 1.89 bits per heavy atom. The molecule has 4 rings (SSSR count). The Hall–Kier alpha value is -1.75. The molecule has 2 aromatic rings. The van der Waals surface area contributed by atoms with Crippen LogP contribution in [0, 0.1) is 0 Å². The summed E-state index contributed by atoms with van der Waals surface area (Å²) in [6.45, 7) is 1.18. The van der Waals surface area contributed by atoms with E-state index in [0.29, 0.717) is 19.4 Å². The average molecular weight is 412 g/mol. The van der Waals surface area contributed by atoms with E-state index in [4.69, 9.17) is 4.74 Å². The Bertz CT molecular complexity index is 1100. The molecule has 146 valence electrons. The zero-order valence-corrected chi connectivity index (χ0v) is 16.8. The Morgan fingerprint density at radius 1 is 1.19 bits per heavy atom. The fourth-order valence-electron chi connectivity index (χ4n) is 3.95. The molecule has 8 nitrogen and oxygen atoms in total. The van der Waals surface area contributed by atoms with Crippen LogP contribution in [0.2, 0.25) is 0 Å². The number of ether oxygens (including phenoxy) is 1. The number of piperidine rings is 1. The third-order valence-electron chi connectivity index (χ3n) is 5.51. The second kappa shape index (κ2) is 6.40. The lowest BCUT2D eigenvalue weighted by molar-refractivity contribution is -0.0882. The van der Waals surface area contributed by atoms with Crippen molar-refractivity contribution in [3.8, 4) is 0 Å². The Labute approximate surface area is 160 Å². The Kier molecular flexibility index (Phi) is 4.41. The number of fused-ring (bicyclic) bond motifs is 2. The summed E-state index contributed by atoms with van der Waals surface area (Å²) in [7, 11) is -1.28. The summed E-state index contributed by atoms with van der Waals surface area (Å²) in [6, 6.07) is 2.08. The fourth-order valence-corrected chi connectivity index (χ4v) is 6.49. The van der Waals surface area contributed by atoms with Crippen LogP contribution < -0.4 is 11.2 Å². The molecule has 0 atom stereocenters. The van der Waals surface area contributed by atoms with Gasteiger partial charge in [-0.3, -0.25) is 9.36 Å². The van der Waals surface area contributed by atoms with Crippen LogP contribution in [0.5, 0.6) is 0 Å². The van der Waals surface area contributed by atoms with Crippen molar-refractivity contribution in [2.75, 3.05) is 19.7 Å². The molecular formula is C17H21N3O5S2. The largest absolute Gasteiger partial charge is 0.370 e. The highest BCUT2D eigenvalue weighted by atomic mass is 32.2. The van der Waals surface area contributed by atoms with E-state index in [-0.39, 0.29) is 18.0 Å². The maximum Gasteiger partial charge on any atom is 0.330 e. The third kappa shape index (κ3) is 2.82. The summed E-state index contributed by atoms with van der Waals surface area (Å²) in [5.41, 5.74) is -0.618. The Balaban J connectivity index is 1.65. The van der Waals surface area contributed by atoms with Crippen LogP contribution in [0.4, 0.5) is 0 Å². The summed E-state index contributed by atoms with van der Waals surface area (Å²) in [4.78, 5) is 25.2. The van der Waals surface area contributed by atoms with Crippen molar-refractivity contribution in [2.24, 2.45) is 14.1 Å². The molecule has 1 spiro atoms. The van der Waals surface area contributed by atoms with Gasteiger partial charge < -0.3 is 9.30 Å². The molecule has 27 heavy (non-hydrogen) atoms. The topological polar surface area (TPSA) is 90.6 Å². The molecule has 0 radical (unpaired) electrons. The number of thiophene rings is 1. The molecule has 1 fully saturated rings. The summed E-state index contributed by atoms with van der Waals surface area (Å²) in [5.74, 6) is 0. The smallest absolute Gasteiger partial charge is 0.330 e. The molecule has 0 saturated carbocycles. The van der Waals surface area contributed by atoms with Gasteiger partial charge in [-0.15, -0.1) is 11.3 Å². The molecule has 1 saturated heterocycles. The van der Waals surface area contributed by atoms with E-state index < -0.39 is 26.9 Å². The van der Waals surface area contributed by atoms with E-state index in [1.165, 1.54) is 28.8 Å². The van der Waals surface area contributed by atoms with Crippen molar-refractivity contribution >= 4 is 21.4 Å². The summed E-state index contributed by atoms with van der Waals surface area (Å²) < 4.78 is 35.5. The normalized spacial score (nSPS) is 19.9. The maximum absolute atomic E-state index is 13.0. The van der Waals surface area contributed by atoms with Gasteiger partial charge in [0.1, 0.15) is 0 Å². The molecule has 0 bridgehead atoms. The quantitative estimate of drug-likeness (QED) is 0.713. The molecule has 0 aliphatic carbocycles. The molecule has 0 unspecified atom stereocenters. The van der Waals surface area contributed by atoms with Crippen molar-refractivity contribution in [1.82, 2.24) is 13.4 Å². The van der Waals surface area contributed by atoms with Gasteiger partial charge in [0.15, 0.2) is 4.90 Å². The first-order valence-electron chi connectivity index (χ1n) is 8.74. The first-order valence-corrected chi connectivity index (χ1v) is 11.1. The standard InChI is InChI=1S/C17H21N3O5S2/c1-18-11-14(15(21)19(2)16(18)22)27(23,24)20-7-5-17(6-8-20)12-4-10-26-13(12)3-9-25-17/h4,10-11H,3,5-9H2,1-2H3. The van der Waals surface area contributed by atoms with E-state index in [9.17, 15) is 18.0 Å². The SMILES string of the molecule is Cn1cc(S(=O)(=O)N2CCC3(CC2)OCCc2sccc23)c(=O)n(C)c1=O. The van der Waals surface area contributed by atoms with Gasteiger partial charge in [0.2, 0.25) is 10.0 Å². The van der Waals surface area contributed by atoms with E-state index in [1.807, 2.05) is 0 Å². The van der Waals surface area contributed by atoms with Gasteiger partial charge in [0.25, 0.3) is 5.56 Å². The lowest BCUT2D eigenvalue weighted by atomic mass is 9.83. The predicted molar refractivity (Wildman–Crippen MR) is 101 cm³/mol. The molecule has 0 aromatic carbocycles. The monoisotopic (exact) mass is 411 g/mol. The molecule has 0 amide bonds. The van der Waals surface area contributed by atoms with E-state index in [2.05, 4.69) is 11.4 Å². The van der Waals surface area contributed by atoms with Gasteiger partial charge in [-0.25, -0.2) is 13.2 Å². The van der Waals surface area contributed by atoms with Crippen molar-refractivity contribution < 1.29 is 13.2 Å². The minimum absolute atomic E-state index is 0.267. The maximum atomic E-state index is 13.0. The minimum atomic E-state index is -3.99. The van der Waals surface area contributed by atoms with Crippen molar-refractivity contribution in [2.45, 2.75) is 29.8 Å². The van der Waals surface area contributed by atoms with Gasteiger partial charge in [0, 0.05) is 44.7 Å². The fraction of sp³-hybridized carbons (Fsp3) is 0.529. The van der Waals surface area contributed by atoms with Crippen molar-refractivity contribution in [3.63, 3.8) is 0 Å². The van der Waals surface area contributed by atoms with E-state index in [0.717, 1.165) is 21.8 Å². The van der Waals surface area contributed by atoms with Crippen molar-refractivity contribution in [3.05, 3.63) is 48.9 Å². The lowest BCUT2D eigenvalue weighted by Gasteiger charge is -2.43. The molecule has 2 aliphatic rings. The number of aryl methyl sites for hydroxylation is 1. The first kappa shape index (κ1) is 18.6. The van der Waals surface area contributed by atoms with Gasteiger partial charge >= 0.3 is 5.69 Å². The number of sulfonamides is 1. The molecule has 4 heterocycles.